The highest BCUT2D eigenvalue weighted by Crippen LogP contribution is 2.37. The Balaban J connectivity index is 1.86. The molecule has 0 aliphatic carbocycles. The van der Waals surface area contributed by atoms with Crippen LogP contribution in [0.5, 0.6) is 0 Å². The number of rotatable bonds is 4. The van der Waals surface area contributed by atoms with Crippen LogP contribution < -0.4 is 10.2 Å². The molecule has 8 heteroatoms. The maximum Gasteiger partial charge on any atom is 0.414 e. The van der Waals surface area contributed by atoms with E-state index >= 15 is 0 Å². The van der Waals surface area contributed by atoms with Gasteiger partial charge >= 0.3 is 6.09 Å². The van der Waals surface area contributed by atoms with Gasteiger partial charge in [-0.1, -0.05) is 12.1 Å². The number of fused-ring (bicyclic) bond motifs is 1. The van der Waals surface area contributed by atoms with Gasteiger partial charge in [-0.15, -0.1) is 0 Å². The molecule has 0 unspecified atom stereocenters. The Hall–Kier alpha value is -2.87. The topological polar surface area (TPSA) is 99.2 Å². The third kappa shape index (κ3) is 3.80. The van der Waals surface area contributed by atoms with Gasteiger partial charge in [0, 0.05) is 12.6 Å². The van der Waals surface area contributed by atoms with Crippen molar-refractivity contribution in [1.29, 1.82) is 0 Å². The summed E-state index contributed by atoms with van der Waals surface area (Å²) in [6.45, 7) is 5.52. The van der Waals surface area contributed by atoms with Crippen LogP contribution in [0.1, 0.15) is 26.3 Å². The molecule has 0 radical (unpaired) electrons. The standard InChI is InChI=1S/C19H23N3O5/c1-19(2,3)27-18(26)22-8-7-12-5-4-6-13(16(12)22)20-14-11-15(24)21(9-10-23)17(14)25/h4-6,11,20,23H,7-10H2,1-3H3. The van der Waals surface area contributed by atoms with E-state index in [1.165, 1.54) is 11.0 Å². The number of amides is 3. The molecule has 0 atom stereocenters. The molecule has 0 bridgehead atoms. The van der Waals surface area contributed by atoms with E-state index in [1.54, 1.807) is 26.8 Å². The lowest BCUT2D eigenvalue weighted by Gasteiger charge is -2.26. The summed E-state index contributed by atoms with van der Waals surface area (Å²) in [4.78, 5) is 39.4. The van der Waals surface area contributed by atoms with Crippen molar-refractivity contribution >= 4 is 29.3 Å². The number of nitrogens with one attached hydrogen (secondary N) is 1. The summed E-state index contributed by atoms with van der Waals surface area (Å²) in [6.07, 6.45) is 1.41. The predicted molar refractivity (Wildman–Crippen MR) is 99.2 cm³/mol. The van der Waals surface area contributed by atoms with Crippen molar-refractivity contribution in [3.8, 4) is 0 Å². The number of benzene rings is 1. The Kier molecular flexibility index (Phi) is 4.93. The smallest absolute Gasteiger partial charge is 0.414 e. The fourth-order valence-corrected chi connectivity index (χ4v) is 3.11. The SMILES string of the molecule is CC(C)(C)OC(=O)N1CCc2cccc(NC3=CC(=O)N(CCO)C3=O)c21. The first-order valence-corrected chi connectivity index (χ1v) is 8.79. The largest absolute Gasteiger partial charge is 0.443 e. The number of carbonyl (C=O) groups is 3. The summed E-state index contributed by atoms with van der Waals surface area (Å²) in [5, 5.41) is 12.0. The highest BCUT2D eigenvalue weighted by Gasteiger charge is 2.34. The predicted octanol–water partition coefficient (Wildman–Crippen LogP) is 1.64. The van der Waals surface area contributed by atoms with Crippen LogP contribution in [0.4, 0.5) is 16.2 Å². The summed E-state index contributed by atoms with van der Waals surface area (Å²) in [5.74, 6) is -0.985. The number of hydrogen-bond acceptors (Lipinski definition) is 6. The van der Waals surface area contributed by atoms with Crippen LogP contribution in [-0.4, -0.2) is 53.2 Å². The molecule has 3 amide bonds. The van der Waals surface area contributed by atoms with Gasteiger partial charge in [-0.25, -0.2) is 4.79 Å². The Labute approximate surface area is 157 Å². The van der Waals surface area contributed by atoms with Gasteiger partial charge in [-0.2, -0.15) is 0 Å². The van der Waals surface area contributed by atoms with Crippen molar-refractivity contribution in [2.24, 2.45) is 0 Å². The van der Waals surface area contributed by atoms with Gasteiger partial charge in [0.05, 0.1) is 24.5 Å². The summed E-state index contributed by atoms with van der Waals surface area (Å²) in [7, 11) is 0. The molecule has 2 aliphatic heterocycles. The fourth-order valence-electron chi connectivity index (χ4n) is 3.11. The molecule has 2 heterocycles. The molecule has 0 spiro atoms. The molecular formula is C19H23N3O5. The molecule has 0 aromatic heterocycles. The van der Waals surface area contributed by atoms with Crippen LogP contribution in [0.3, 0.4) is 0 Å². The zero-order valence-corrected chi connectivity index (χ0v) is 15.6. The van der Waals surface area contributed by atoms with Crippen LogP contribution in [0, 0.1) is 0 Å². The Morgan fingerprint density at radius 2 is 2.04 bits per heavy atom. The molecule has 144 valence electrons. The average molecular weight is 373 g/mol. The molecule has 1 aromatic carbocycles. The molecule has 0 saturated carbocycles. The number of hydrogen-bond donors (Lipinski definition) is 2. The molecule has 27 heavy (non-hydrogen) atoms. The third-order valence-corrected chi connectivity index (χ3v) is 4.21. The number of carbonyl (C=O) groups excluding carboxylic acids is 3. The molecule has 0 fully saturated rings. The second-order valence-corrected chi connectivity index (χ2v) is 7.40. The van der Waals surface area contributed by atoms with E-state index in [4.69, 9.17) is 9.84 Å². The Bertz CT molecular complexity index is 825. The van der Waals surface area contributed by atoms with E-state index < -0.39 is 23.5 Å². The number of β-amino-alcohol motifs (C(OH)–C–C–N with tert-alkyl or cyclic N) is 1. The van der Waals surface area contributed by atoms with E-state index in [0.29, 0.717) is 24.3 Å². The number of aliphatic hydroxyl groups excluding tert-OH is 1. The number of anilines is 2. The lowest BCUT2D eigenvalue weighted by Crippen LogP contribution is -2.36. The molecule has 3 rings (SSSR count). The number of nitrogens with zero attached hydrogens (tertiary/aromatic N) is 2. The third-order valence-electron chi connectivity index (χ3n) is 4.21. The molecule has 2 N–H and O–H groups in total. The van der Waals surface area contributed by atoms with E-state index in [9.17, 15) is 14.4 Å². The van der Waals surface area contributed by atoms with Crippen LogP contribution >= 0.6 is 0 Å². The average Bonchev–Trinajstić information content (AvgIpc) is 3.11. The van der Waals surface area contributed by atoms with E-state index in [1.807, 2.05) is 12.1 Å². The van der Waals surface area contributed by atoms with Gasteiger partial charge < -0.3 is 15.2 Å². The number of imide groups is 1. The van der Waals surface area contributed by atoms with Crippen molar-refractivity contribution in [2.75, 3.05) is 29.9 Å². The monoisotopic (exact) mass is 373 g/mol. The minimum atomic E-state index is -0.622. The maximum absolute atomic E-state index is 12.6. The van der Waals surface area contributed by atoms with Crippen molar-refractivity contribution in [3.05, 3.63) is 35.5 Å². The Morgan fingerprint density at radius 1 is 1.30 bits per heavy atom. The summed E-state index contributed by atoms with van der Waals surface area (Å²) in [6, 6.07) is 5.49. The van der Waals surface area contributed by atoms with Crippen molar-refractivity contribution in [3.63, 3.8) is 0 Å². The molecule has 0 saturated heterocycles. The quantitative estimate of drug-likeness (QED) is 0.779. The first-order chi connectivity index (χ1) is 12.7. The van der Waals surface area contributed by atoms with Crippen LogP contribution in [0.2, 0.25) is 0 Å². The lowest BCUT2D eigenvalue weighted by atomic mass is 10.1. The van der Waals surface area contributed by atoms with Crippen LogP contribution in [-0.2, 0) is 20.7 Å². The van der Waals surface area contributed by atoms with Crippen LogP contribution in [0.15, 0.2) is 30.0 Å². The van der Waals surface area contributed by atoms with Gasteiger partial charge in [0.25, 0.3) is 11.8 Å². The van der Waals surface area contributed by atoms with Gasteiger partial charge in [0.2, 0.25) is 0 Å². The summed E-state index contributed by atoms with van der Waals surface area (Å²) >= 11 is 0. The molecule has 8 nitrogen and oxygen atoms in total. The highest BCUT2D eigenvalue weighted by atomic mass is 16.6. The van der Waals surface area contributed by atoms with Crippen molar-refractivity contribution in [2.45, 2.75) is 32.8 Å². The number of ether oxygens (including phenoxy) is 1. The normalized spacial score (nSPS) is 16.5. The number of para-hydroxylation sites is 1. The van der Waals surface area contributed by atoms with Gasteiger partial charge in [0.1, 0.15) is 11.3 Å². The van der Waals surface area contributed by atoms with E-state index in [-0.39, 0.29) is 18.8 Å². The van der Waals surface area contributed by atoms with E-state index in [0.717, 1.165) is 10.5 Å². The minimum Gasteiger partial charge on any atom is -0.443 e. The summed E-state index contributed by atoms with van der Waals surface area (Å²) < 4.78 is 5.48. The molecule has 1 aromatic rings. The highest BCUT2D eigenvalue weighted by molar-refractivity contribution is 6.17. The fraction of sp³-hybridized carbons (Fsp3) is 0.421. The Morgan fingerprint density at radius 3 is 2.70 bits per heavy atom. The second kappa shape index (κ2) is 7.03. The molecular weight excluding hydrogens is 350 g/mol. The molecule has 2 aliphatic rings. The second-order valence-electron chi connectivity index (χ2n) is 7.40. The van der Waals surface area contributed by atoms with E-state index in [2.05, 4.69) is 5.32 Å². The zero-order chi connectivity index (χ0) is 19.8. The van der Waals surface area contributed by atoms with Crippen molar-refractivity contribution < 1.29 is 24.2 Å². The number of aliphatic hydroxyl groups is 1. The van der Waals surface area contributed by atoms with Gasteiger partial charge in [-0.05, 0) is 38.8 Å². The first kappa shape index (κ1) is 18.9. The lowest BCUT2D eigenvalue weighted by molar-refractivity contribution is -0.137. The maximum atomic E-state index is 12.6. The minimum absolute atomic E-state index is 0.0592. The van der Waals surface area contributed by atoms with Gasteiger partial charge in [-0.3, -0.25) is 19.4 Å². The van der Waals surface area contributed by atoms with Crippen molar-refractivity contribution in [1.82, 2.24) is 4.90 Å². The van der Waals surface area contributed by atoms with Gasteiger partial charge in [0.15, 0.2) is 0 Å². The summed E-state index contributed by atoms with van der Waals surface area (Å²) in [5.41, 5.74) is 1.64. The van der Waals surface area contributed by atoms with Crippen LogP contribution in [0.25, 0.3) is 0 Å². The zero-order valence-electron chi connectivity index (χ0n) is 15.6. The first-order valence-electron chi connectivity index (χ1n) is 8.79.